The minimum Gasteiger partial charge on any atom is -0.469 e. The minimum absolute atomic E-state index is 0.0635. The maximum absolute atomic E-state index is 14.8. The lowest BCUT2D eigenvalue weighted by Crippen LogP contribution is -2.59. The van der Waals surface area contributed by atoms with Gasteiger partial charge in [-0.2, -0.15) is 0 Å². The first-order chi connectivity index (χ1) is 27.5. The molecule has 14 nitrogen and oxygen atoms in total. The molecule has 16 heteroatoms. The highest BCUT2D eigenvalue weighted by Crippen LogP contribution is 2.46. The van der Waals surface area contributed by atoms with E-state index in [9.17, 15) is 33.6 Å². The van der Waals surface area contributed by atoms with Gasteiger partial charge in [0.05, 0.1) is 36.4 Å². The molecule has 5 N–H and O–H groups in total. The monoisotopic (exact) mass is 822 g/mol. The summed E-state index contributed by atoms with van der Waals surface area (Å²) in [5.41, 5.74) is 7.18. The molecule has 57 heavy (non-hydrogen) atoms. The Morgan fingerprint density at radius 2 is 1.51 bits per heavy atom. The van der Waals surface area contributed by atoms with Crippen molar-refractivity contribution >= 4 is 75.7 Å². The Hall–Kier alpha value is -3.99. The van der Waals surface area contributed by atoms with Crippen LogP contribution < -0.4 is 21.7 Å². The van der Waals surface area contributed by atoms with Crippen LogP contribution >= 0.6 is 23.5 Å². The lowest BCUT2D eigenvalue weighted by atomic mass is 9.83. The van der Waals surface area contributed by atoms with E-state index in [0.29, 0.717) is 93.0 Å². The van der Waals surface area contributed by atoms with Crippen molar-refractivity contribution < 1.29 is 38.3 Å². The Morgan fingerprint density at radius 1 is 0.860 bits per heavy atom. The summed E-state index contributed by atoms with van der Waals surface area (Å²) in [4.78, 5) is 98.9. The number of imide groups is 2. The van der Waals surface area contributed by atoms with Crippen LogP contribution in [0.15, 0.2) is 21.9 Å². The number of nitrogens with zero attached hydrogens (tertiary/aromatic N) is 2. The van der Waals surface area contributed by atoms with Crippen LogP contribution in [0.25, 0.3) is 10.8 Å². The second kappa shape index (κ2) is 19.2. The number of hydrogen-bond donors (Lipinski definition) is 4. The van der Waals surface area contributed by atoms with E-state index in [0.717, 1.165) is 38.6 Å². The standard InChI is InChI=1S/C41H54N6O8S2/c1-4-56-29-22-24-33-32-23(38(51)46(40(53)34(29)32)20-11-7-6-10-18-44-36(49)25(42)16-17-31(48)55-3)21-30(57-5-2)35(33)41(54)47(39(24)52)28-15-9-8-13-26(28)45-37(50)27-14-12-19-43-27/h21-22,25-28,43H,4-20,42H2,1-3H3,(H,44,49)(H,45,50)/t25-,26+,27-,28+/m0/s1. The molecule has 6 rings (SSSR count). The second-order valence-corrected chi connectivity index (χ2v) is 17.6. The van der Waals surface area contributed by atoms with Gasteiger partial charge < -0.3 is 26.4 Å². The van der Waals surface area contributed by atoms with Crippen molar-refractivity contribution in [2.24, 2.45) is 5.73 Å². The molecule has 4 atom stereocenters. The van der Waals surface area contributed by atoms with Gasteiger partial charge in [0.2, 0.25) is 11.8 Å². The summed E-state index contributed by atoms with van der Waals surface area (Å²) in [6.07, 6.45) is 7.48. The molecule has 0 bridgehead atoms. The molecule has 4 aliphatic rings. The van der Waals surface area contributed by atoms with Gasteiger partial charge in [-0.3, -0.25) is 43.4 Å². The molecule has 0 radical (unpaired) electrons. The number of hydrogen-bond acceptors (Lipinski definition) is 12. The maximum Gasteiger partial charge on any atom is 0.305 e. The number of benzene rings is 2. The van der Waals surface area contributed by atoms with Crippen molar-refractivity contribution in [1.29, 1.82) is 0 Å². The SMILES string of the molecule is CCSc1cc2c3c(c(SCC)cc4c3c1C(=O)N(CCCCCCNC(=O)[C@@H](N)CCC(=O)OC)C4=O)C(=O)N([C@@H]1CCCC[C@H]1NC(=O)[C@@H]1CCCN1)C2=O. The van der Waals surface area contributed by atoms with Crippen molar-refractivity contribution in [1.82, 2.24) is 25.8 Å². The summed E-state index contributed by atoms with van der Waals surface area (Å²) in [6, 6.07) is 1.45. The minimum atomic E-state index is -0.807. The fourth-order valence-corrected chi connectivity index (χ4v) is 10.2. The normalized spacial score (nSPS) is 20.9. The van der Waals surface area contributed by atoms with Crippen LogP contribution in [-0.4, -0.2) is 114 Å². The van der Waals surface area contributed by atoms with Crippen LogP contribution in [-0.2, 0) is 19.1 Å². The average Bonchev–Trinajstić information content (AvgIpc) is 3.75. The molecule has 1 saturated heterocycles. The van der Waals surface area contributed by atoms with Gasteiger partial charge >= 0.3 is 5.97 Å². The third kappa shape index (κ3) is 8.88. The molecule has 1 saturated carbocycles. The van der Waals surface area contributed by atoms with Gasteiger partial charge in [-0.15, -0.1) is 23.5 Å². The number of rotatable bonds is 18. The maximum atomic E-state index is 14.8. The van der Waals surface area contributed by atoms with Crippen LogP contribution in [0, 0.1) is 0 Å². The number of nitrogens with two attached hydrogens (primary N) is 1. The van der Waals surface area contributed by atoms with Gasteiger partial charge in [0.1, 0.15) is 0 Å². The Bertz CT molecular complexity index is 1930. The molecule has 0 aromatic heterocycles. The van der Waals surface area contributed by atoms with E-state index < -0.39 is 41.7 Å². The van der Waals surface area contributed by atoms with E-state index in [-0.39, 0.29) is 43.3 Å². The van der Waals surface area contributed by atoms with Crippen molar-refractivity contribution in [2.45, 2.75) is 125 Å². The van der Waals surface area contributed by atoms with Gasteiger partial charge in [0.15, 0.2) is 0 Å². The fourth-order valence-electron chi connectivity index (χ4n) is 8.48. The van der Waals surface area contributed by atoms with Gasteiger partial charge in [-0.1, -0.05) is 39.5 Å². The molecule has 2 fully saturated rings. The van der Waals surface area contributed by atoms with E-state index in [2.05, 4.69) is 20.7 Å². The molecule has 6 amide bonds. The van der Waals surface area contributed by atoms with E-state index in [1.165, 1.54) is 40.4 Å². The summed E-state index contributed by atoms with van der Waals surface area (Å²) >= 11 is 2.85. The summed E-state index contributed by atoms with van der Waals surface area (Å²) in [5.74, 6) is -1.45. The lowest BCUT2D eigenvalue weighted by Gasteiger charge is -2.42. The number of ether oxygens (including phenoxy) is 1. The molecular weight excluding hydrogens is 769 g/mol. The quantitative estimate of drug-likeness (QED) is 0.0718. The topological polar surface area (TPSA) is 197 Å². The van der Waals surface area contributed by atoms with Crippen LogP contribution in [0.1, 0.15) is 132 Å². The molecule has 3 heterocycles. The Labute approximate surface area is 341 Å². The Balaban J connectivity index is 1.22. The molecule has 0 spiro atoms. The third-order valence-electron chi connectivity index (χ3n) is 11.3. The number of nitrogens with one attached hydrogen (secondary N) is 3. The molecule has 2 aromatic carbocycles. The van der Waals surface area contributed by atoms with E-state index >= 15 is 0 Å². The average molecular weight is 823 g/mol. The van der Waals surface area contributed by atoms with Gasteiger partial charge in [0.25, 0.3) is 23.6 Å². The highest BCUT2D eigenvalue weighted by atomic mass is 32.2. The molecular formula is C41H54N6O8S2. The zero-order valence-corrected chi connectivity index (χ0v) is 34.7. The second-order valence-electron chi connectivity index (χ2n) is 15.0. The smallest absolute Gasteiger partial charge is 0.305 e. The number of esters is 1. The summed E-state index contributed by atoms with van der Waals surface area (Å²) < 4.78 is 4.60. The predicted molar refractivity (Wildman–Crippen MR) is 219 cm³/mol. The van der Waals surface area contributed by atoms with E-state index in [4.69, 9.17) is 5.73 Å². The largest absolute Gasteiger partial charge is 0.469 e. The van der Waals surface area contributed by atoms with Crippen molar-refractivity contribution in [3.05, 3.63) is 34.4 Å². The number of unbranched alkanes of at least 4 members (excludes halogenated alkanes) is 3. The van der Waals surface area contributed by atoms with Crippen LogP contribution in [0.4, 0.5) is 0 Å². The van der Waals surface area contributed by atoms with Crippen molar-refractivity contribution in [2.75, 3.05) is 38.2 Å². The Kier molecular flexibility index (Phi) is 14.3. The Morgan fingerprint density at radius 3 is 2.16 bits per heavy atom. The molecule has 2 aromatic rings. The number of thioether (sulfide) groups is 2. The molecule has 0 unspecified atom stereocenters. The van der Waals surface area contributed by atoms with Crippen LogP contribution in [0.2, 0.25) is 0 Å². The number of carbonyl (C=O) groups is 7. The van der Waals surface area contributed by atoms with Crippen LogP contribution in [0.5, 0.6) is 0 Å². The zero-order chi connectivity index (χ0) is 40.8. The zero-order valence-electron chi connectivity index (χ0n) is 33.0. The summed E-state index contributed by atoms with van der Waals surface area (Å²) in [6.45, 7) is 5.30. The fraction of sp³-hybridized carbons (Fsp3) is 0.585. The van der Waals surface area contributed by atoms with Gasteiger partial charge in [-0.05, 0) is 75.1 Å². The number of carbonyl (C=O) groups excluding carboxylic acids is 7. The van der Waals surface area contributed by atoms with Crippen LogP contribution in [0.3, 0.4) is 0 Å². The third-order valence-corrected chi connectivity index (χ3v) is 13.2. The van der Waals surface area contributed by atoms with Crippen molar-refractivity contribution in [3.63, 3.8) is 0 Å². The first kappa shape index (κ1) is 42.6. The molecule has 308 valence electrons. The highest BCUT2D eigenvalue weighted by Gasteiger charge is 2.46. The van der Waals surface area contributed by atoms with Gasteiger partial charge in [-0.25, -0.2) is 0 Å². The lowest BCUT2D eigenvalue weighted by molar-refractivity contribution is -0.140. The number of amides is 6. The van der Waals surface area contributed by atoms with E-state index in [1.807, 2.05) is 13.8 Å². The molecule has 3 aliphatic heterocycles. The summed E-state index contributed by atoms with van der Waals surface area (Å²) in [5, 5.41) is 9.95. The first-order valence-corrected chi connectivity index (χ1v) is 22.3. The van der Waals surface area contributed by atoms with E-state index in [1.54, 1.807) is 12.1 Å². The molecule has 1 aliphatic carbocycles. The summed E-state index contributed by atoms with van der Waals surface area (Å²) in [7, 11) is 1.28. The number of methoxy groups -OCH3 is 1. The highest BCUT2D eigenvalue weighted by molar-refractivity contribution is 7.99. The predicted octanol–water partition coefficient (Wildman–Crippen LogP) is 4.39. The van der Waals surface area contributed by atoms with Crippen molar-refractivity contribution in [3.8, 4) is 0 Å². The van der Waals surface area contributed by atoms with Gasteiger partial charge in [0, 0.05) is 57.2 Å². The first-order valence-electron chi connectivity index (χ1n) is 20.3.